The highest BCUT2D eigenvalue weighted by Gasteiger charge is 2.50. The van der Waals surface area contributed by atoms with Crippen LogP contribution >= 0.6 is 0 Å². The molecule has 0 saturated heterocycles. The molecule has 1 nitrogen and oxygen atoms in total. The van der Waals surface area contributed by atoms with Crippen molar-refractivity contribution < 1.29 is 4.74 Å². The van der Waals surface area contributed by atoms with Crippen molar-refractivity contribution in [2.75, 3.05) is 0 Å². The molecule has 1 atom stereocenters. The minimum atomic E-state index is -0.440. The second kappa shape index (κ2) is 8.62. The van der Waals surface area contributed by atoms with E-state index in [0.29, 0.717) is 0 Å². The number of rotatable bonds is 1. The Hall–Kier alpha value is -5.92. The van der Waals surface area contributed by atoms with Crippen molar-refractivity contribution in [3.63, 3.8) is 0 Å². The van der Waals surface area contributed by atoms with E-state index < -0.39 is 5.41 Å². The van der Waals surface area contributed by atoms with Crippen LogP contribution in [-0.2, 0) is 5.41 Å². The van der Waals surface area contributed by atoms with Crippen LogP contribution in [0.15, 0.2) is 158 Å². The van der Waals surface area contributed by atoms with Gasteiger partial charge in [-0.05, 0) is 95.6 Å². The van der Waals surface area contributed by atoms with Crippen molar-refractivity contribution in [2.45, 2.75) is 5.41 Å². The van der Waals surface area contributed by atoms with Gasteiger partial charge in [0.25, 0.3) is 0 Å². The summed E-state index contributed by atoms with van der Waals surface area (Å²) in [5.74, 6) is 1.83. The highest BCUT2D eigenvalue weighted by molar-refractivity contribution is 6.09. The quantitative estimate of drug-likeness (QED) is 0.187. The third-order valence-corrected chi connectivity index (χ3v) is 10.7. The molecule has 0 aromatic heterocycles. The molecular formula is C45H26O. The second-order valence-electron chi connectivity index (χ2n) is 12.8. The van der Waals surface area contributed by atoms with E-state index >= 15 is 0 Å². The van der Waals surface area contributed by atoms with Gasteiger partial charge in [-0.1, -0.05) is 140 Å². The fourth-order valence-electron chi connectivity index (χ4n) is 8.95. The van der Waals surface area contributed by atoms with Crippen molar-refractivity contribution in [1.29, 1.82) is 0 Å². The maximum absolute atomic E-state index is 6.59. The normalized spacial score (nSPS) is 16.1. The van der Waals surface area contributed by atoms with E-state index in [4.69, 9.17) is 4.74 Å². The fraction of sp³-hybridized carbons (Fsp3) is 0.0222. The van der Waals surface area contributed by atoms with Crippen LogP contribution in [0.2, 0.25) is 0 Å². The first-order valence-electron chi connectivity index (χ1n) is 16.0. The SMILES string of the molecule is c1ccc2c(c1)-c1ccc(-c3cccc4c3-c3cccc5cccc(c35)O4)cc1C21c2ccccc2-c2cccc3cccc1c23. The highest BCUT2D eigenvalue weighted by Crippen LogP contribution is 2.62. The molecule has 0 saturated carbocycles. The number of fused-ring (bicyclic) bond motifs is 11. The zero-order valence-corrected chi connectivity index (χ0v) is 24.9. The molecule has 8 aromatic rings. The van der Waals surface area contributed by atoms with E-state index in [1.54, 1.807) is 0 Å². The van der Waals surface area contributed by atoms with E-state index in [2.05, 4.69) is 158 Å². The van der Waals surface area contributed by atoms with Crippen LogP contribution < -0.4 is 4.74 Å². The Morgan fingerprint density at radius 3 is 1.70 bits per heavy atom. The smallest absolute Gasteiger partial charge is 0.135 e. The first-order valence-corrected chi connectivity index (χ1v) is 16.0. The minimum Gasteiger partial charge on any atom is -0.456 e. The molecule has 1 aliphatic heterocycles. The molecule has 1 heteroatoms. The zero-order chi connectivity index (χ0) is 30.0. The molecule has 0 N–H and O–H groups in total. The van der Waals surface area contributed by atoms with E-state index in [1.165, 1.54) is 82.7 Å². The van der Waals surface area contributed by atoms with Crippen molar-refractivity contribution in [2.24, 2.45) is 0 Å². The van der Waals surface area contributed by atoms with Gasteiger partial charge >= 0.3 is 0 Å². The van der Waals surface area contributed by atoms with Crippen molar-refractivity contribution >= 4 is 21.5 Å². The summed E-state index contributed by atoms with van der Waals surface area (Å²) in [7, 11) is 0. The van der Waals surface area contributed by atoms with Gasteiger partial charge < -0.3 is 4.74 Å². The van der Waals surface area contributed by atoms with Crippen LogP contribution in [0.25, 0.3) is 66.1 Å². The number of benzene rings is 8. The van der Waals surface area contributed by atoms with Gasteiger partial charge in [-0.15, -0.1) is 0 Å². The van der Waals surface area contributed by atoms with Crippen LogP contribution in [0.4, 0.5) is 0 Å². The Kier molecular flexibility index (Phi) is 4.57. The van der Waals surface area contributed by atoms with Crippen LogP contribution in [-0.4, -0.2) is 0 Å². The number of hydrogen-bond acceptors (Lipinski definition) is 1. The molecule has 212 valence electrons. The van der Waals surface area contributed by atoms with Crippen LogP contribution in [0, 0.1) is 0 Å². The molecule has 11 rings (SSSR count). The summed E-state index contributed by atoms with van der Waals surface area (Å²) >= 11 is 0. The lowest BCUT2D eigenvalue weighted by molar-refractivity contribution is 0.487. The summed E-state index contributed by atoms with van der Waals surface area (Å²) in [5, 5.41) is 5.02. The Balaban J connectivity index is 1.26. The summed E-state index contributed by atoms with van der Waals surface area (Å²) in [6.07, 6.45) is 0. The molecule has 46 heavy (non-hydrogen) atoms. The van der Waals surface area contributed by atoms with E-state index in [0.717, 1.165) is 17.1 Å². The summed E-state index contributed by atoms with van der Waals surface area (Å²) in [6, 6.07) is 58.3. The van der Waals surface area contributed by atoms with Crippen molar-refractivity contribution in [3.8, 4) is 56.0 Å². The van der Waals surface area contributed by atoms with Crippen molar-refractivity contribution in [1.82, 2.24) is 0 Å². The molecule has 0 bridgehead atoms. The second-order valence-corrected chi connectivity index (χ2v) is 12.8. The van der Waals surface area contributed by atoms with Gasteiger partial charge in [-0.25, -0.2) is 0 Å². The zero-order valence-electron chi connectivity index (χ0n) is 24.9. The summed E-state index contributed by atoms with van der Waals surface area (Å²) in [5.41, 5.74) is 15.0. The van der Waals surface area contributed by atoms with E-state index in [-0.39, 0.29) is 0 Å². The van der Waals surface area contributed by atoms with Gasteiger partial charge in [-0.3, -0.25) is 0 Å². The summed E-state index contributed by atoms with van der Waals surface area (Å²) in [6.45, 7) is 0. The maximum Gasteiger partial charge on any atom is 0.135 e. The molecule has 2 aliphatic carbocycles. The van der Waals surface area contributed by atoms with Crippen LogP contribution in [0.5, 0.6) is 11.5 Å². The first kappa shape index (κ1) is 24.4. The lowest BCUT2D eigenvalue weighted by Gasteiger charge is -2.40. The predicted molar refractivity (Wildman–Crippen MR) is 189 cm³/mol. The van der Waals surface area contributed by atoms with Gasteiger partial charge in [-0.2, -0.15) is 0 Å². The minimum absolute atomic E-state index is 0.440. The molecule has 0 fully saturated rings. The lowest BCUT2D eigenvalue weighted by atomic mass is 9.61. The first-order chi connectivity index (χ1) is 22.8. The largest absolute Gasteiger partial charge is 0.456 e. The van der Waals surface area contributed by atoms with Crippen LogP contribution in [0.1, 0.15) is 22.3 Å². The maximum atomic E-state index is 6.59. The van der Waals surface area contributed by atoms with Crippen LogP contribution in [0.3, 0.4) is 0 Å². The van der Waals surface area contributed by atoms with E-state index in [1.807, 2.05) is 0 Å². The topological polar surface area (TPSA) is 9.23 Å². The Morgan fingerprint density at radius 1 is 0.348 bits per heavy atom. The molecule has 0 radical (unpaired) electrons. The number of hydrogen-bond donors (Lipinski definition) is 0. The van der Waals surface area contributed by atoms with Crippen molar-refractivity contribution in [3.05, 3.63) is 180 Å². The summed E-state index contributed by atoms with van der Waals surface area (Å²) < 4.78 is 6.59. The predicted octanol–water partition coefficient (Wildman–Crippen LogP) is 11.8. The lowest BCUT2D eigenvalue weighted by Crippen LogP contribution is -2.31. The van der Waals surface area contributed by atoms with Gasteiger partial charge in [0.1, 0.15) is 11.5 Å². The molecule has 8 aromatic carbocycles. The molecule has 0 amide bonds. The molecule has 1 heterocycles. The highest BCUT2D eigenvalue weighted by atomic mass is 16.5. The molecule has 1 unspecified atom stereocenters. The monoisotopic (exact) mass is 582 g/mol. The number of ether oxygens (including phenoxy) is 1. The van der Waals surface area contributed by atoms with Gasteiger partial charge in [0.05, 0.1) is 5.41 Å². The third kappa shape index (κ3) is 2.87. The Labute approximate surface area is 267 Å². The summed E-state index contributed by atoms with van der Waals surface area (Å²) in [4.78, 5) is 0. The molecule has 3 aliphatic rings. The van der Waals surface area contributed by atoms with E-state index in [9.17, 15) is 0 Å². The Morgan fingerprint density at radius 2 is 0.891 bits per heavy atom. The van der Waals surface area contributed by atoms with Gasteiger partial charge in [0.2, 0.25) is 0 Å². The average molecular weight is 583 g/mol. The third-order valence-electron chi connectivity index (χ3n) is 10.7. The molecule has 1 spiro atoms. The standard InChI is InChI=1S/C45H26O/c1-3-19-36-31(14-1)33-25-24-29(30-16-9-23-41-44(30)35-18-6-11-28-13-8-22-40(46-41)43(28)35)26-39(33)45(36)37-20-4-2-15-32(37)34-17-5-10-27-12-7-21-38(45)42(27)34/h1-26H. The van der Waals surface area contributed by atoms with Gasteiger partial charge in [0.15, 0.2) is 0 Å². The van der Waals surface area contributed by atoms with Gasteiger partial charge in [0, 0.05) is 10.9 Å². The Bertz CT molecular complexity index is 2610. The fourth-order valence-corrected chi connectivity index (χ4v) is 8.95. The average Bonchev–Trinajstić information content (AvgIpc) is 3.40. The molecular weight excluding hydrogens is 556 g/mol.